The monoisotopic (exact) mass is 220 g/mol. The first-order valence-electron chi connectivity index (χ1n) is 3.96. The molecule has 0 aromatic rings. The molecule has 1 saturated heterocycles. The molecule has 0 radical (unpaired) electrons. The maximum atomic E-state index is 12.1. The van der Waals surface area contributed by atoms with Gasteiger partial charge in [-0.25, -0.2) is 0 Å². The Kier molecular flexibility index (Phi) is 3.45. The minimum absolute atomic E-state index is 0.0515. The minimum Gasteiger partial charge on any atom is -0.370 e. The molecule has 7 heteroatoms. The van der Waals surface area contributed by atoms with Gasteiger partial charge in [-0.1, -0.05) is 0 Å². The Labute approximate surface area is 84.1 Å². The number of likely N-dealkylation sites (tertiary alicyclic amines) is 1. The number of carbonyl (C=O) groups is 3. The molecular formula is C7H9FN2O3S. The van der Waals surface area contributed by atoms with Crippen LogP contribution in [0.4, 0.5) is 3.89 Å². The number of carbonyl (C=O) groups excluding carboxylic acids is 3. The van der Waals surface area contributed by atoms with E-state index < -0.39 is 23.0 Å². The predicted molar refractivity (Wildman–Crippen MR) is 47.6 cm³/mol. The lowest BCUT2D eigenvalue weighted by Crippen LogP contribution is -2.34. The third-order valence-electron chi connectivity index (χ3n) is 1.89. The smallest absolute Gasteiger partial charge is 0.245 e. The van der Waals surface area contributed by atoms with Crippen molar-refractivity contribution in [1.29, 1.82) is 0 Å². The fourth-order valence-electron chi connectivity index (χ4n) is 1.18. The van der Waals surface area contributed by atoms with Gasteiger partial charge in [-0.2, -0.15) is 3.89 Å². The molecule has 1 aliphatic heterocycles. The zero-order valence-corrected chi connectivity index (χ0v) is 8.05. The molecule has 0 aliphatic carbocycles. The topological polar surface area (TPSA) is 80.5 Å². The van der Waals surface area contributed by atoms with Crippen LogP contribution >= 0.6 is 12.1 Å². The van der Waals surface area contributed by atoms with E-state index in [1.165, 1.54) is 0 Å². The van der Waals surface area contributed by atoms with Gasteiger partial charge in [0.1, 0.15) is 5.25 Å². The van der Waals surface area contributed by atoms with Crippen molar-refractivity contribution in [2.75, 3.05) is 6.54 Å². The highest BCUT2D eigenvalue weighted by atomic mass is 32.2. The van der Waals surface area contributed by atoms with E-state index in [-0.39, 0.29) is 31.5 Å². The first-order chi connectivity index (χ1) is 6.56. The summed E-state index contributed by atoms with van der Waals surface area (Å²) in [6, 6.07) is 0. The van der Waals surface area contributed by atoms with Crippen LogP contribution in [0.15, 0.2) is 0 Å². The summed E-state index contributed by atoms with van der Waals surface area (Å²) in [6.45, 7) is -0.0515. The standard InChI is InChI=1S/C7H9FN2O3S/c8-14-4-3-6(12)10(7(4)13)2-1-5(9)11/h4H,1-3H2,(H2,9,11). The zero-order chi connectivity index (χ0) is 10.7. The molecule has 1 aliphatic rings. The molecule has 1 fully saturated rings. The third kappa shape index (κ3) is 2.22. The number of rotatable bonds is 4. The maximum absolute atomic E-state index is 12.1. The van der Waals surface area contributed by atoms with E-state index in [0.29, 0.717) is 0 Å². The Balaban J connectivity index is 2.56. The largest absolute Gasteiger partial charge is 0.370 e. The van der Waals surface area contributed by atoms with Crippen LogP contribution in [-0.4, -0.2) is 34.4 Å². The van der Waals surface area contributed by atoms with Crippen LogP contribution in [0, 0.1) is 0 Å². The quantitative estimate of drug-likeness (QED) is 0.654. The van der Waals surface area contributed by atoms with Gasteiger partial charge < -0.3 is 5.73 Å². The highest BCUT2D eigenvalue weighted by Gasteiger charge is 2.39. The third-order valence-corrected chi connectivity index (χ3v) is 2.48. The molecule has 0 aromatic heterocycles. The molecule has 0 aromatic carbocycles. The Hall–Kier alpha value is -1.11. The lowest BCUT2D eigenvalue weighted by molar-refractivity contribution is -0.138. The normalized spacial score (nSPS) is 21.8. The SMILES string of the molecule is NC(=O)CCN1C(=O)CC(SF)C1=O. The van der Waals surface area contributed by atoms with Gasteiger partial charge in [0.25, 0.3) is 0 Å². The molecule has 5 nitrogen and oxygen atoms in total. The van der Waals surface area contributed by atoms with Crippen molar-refractivity contribution in [1.82, 2.24) is 4.90 Å². The van der Waals surface area contributed by atoms with Crippen LogP contribution in [0.5, 0.6) is 0 Å². The van der Waals surface area contributed by atoms with Crippen molar-refractivity contribution in [3.63, 3.8) is 0 Å². The first-order valence-corrected chi connectivity index (χ1v) is 4.74. The summed E-state index contributed by atoms with van der Waals surface area (Å²) in [7, 11) is 0. The molecule has 1 unspecified atom stereocenters. The summed E-state index contributed by atoms with van der Waals surface area (Å²) in [4.78, 5) is 33.7. The van der Waals surface area contributed by atoms with Gasteiger partial charge in [0, 0.05) is 13.0 Å². The fraction of sp³-hybridized carbons (Fsp3) is 0.571. The molecule has 14 heavy (non-hydrogen) atoms. The number of hydrogen-bond donors (Lipinski definition) is 1. The van der Waals surface area contributed by atoms with Crippen LogP contribution in [-0.2, 0) is 14.4 Å². The molecule has 1 heterocycles. The molecule has 2 N–H and O–H groups in total. The van der Waals surface area contributed by atoms with Gasteiger partial charge in [0.2, 0.25) is 17.7 Å². The number of imide groups is 1. The molecular weight excluding hydrogens is 211 g/mol. The first kappa shape index (κ1) is 11.0. The molecule has 0 bridgehead atoms. The summed E-state index contributed by atoms with van der Waals surface area (Å²) in [5, 5.41) is -0.949. The van der Waals surface area contributed by atoms with Crippen molar-refractivity contribution < 1.29 is 18.3 Å². The van der Waals surface area contributed by atoms with Gasteiger partial charge in [0.15, 0.2) is 0 Å². The van der Waals surface area contributed by atoms with Crippen LogP contribution in [0.3, 0.4) is 0 Å². The second-order valence-corrected chi connectivity index (χ2v) is 3.63. The molecule has 1 atom stereocenters. The van der Waals surface area contributed by atoms with Crippen molar-refractivity contribution in [3.8, 4) is 0 Å². The molecule has 0 spiro atoms. The molecule has 1 rings (SSSR count). The van der Waals surface area contributed by atoms with Crippen molar-refractivity contribution >= 4 is 29.9 Å². The van der Waals surface area contributed by atoms with E-state index in [1.807, 2.05) is 0 Å². The van der Waals surface area contributed by atoms with E-state index in [1.54, 1.807) is 0 Å². The second-order valence-electron chi connectivity index (χ2n) is 2.88. The zero-order valence-electron chi connectivity index (χ0n) is 7.23. The van der Waals surface area contributed by atoms with Gasteiger partial charge in [-0.15, -0.1) is 0 Å². The van der Waals surface area contributed by atoms with Gasteiger partial charge in [0.05, 0.1) is 18.6 Å². The lowest BCUT2D eigenvalue weighted by atomic mass is 10.4. The Morgan fingerprint density at radius 1 is 1.64 bits per heavy atom. The number of hydrogen-bond acceptors (Lipinski definition) is 4. The average Bonchev–Trinajstić information content (AvgIpc) is 2.39. The Morgan fingerprint density at radius 3 is 2.71 bits per heavy atom. The fourth-order valence-corrected chi connectivity index (χ4v) is 1.59. The highest BCUT2D eigenvalue weighted by molar-refractivity contribution is 7.95. The Morgan fingerprint density at radius 2 is 2.29 bits per heavy atom. The van der Waals surface area contributed by atoms with Gasteiger partial charge in [-0.05, 0) is 0 Å². The summed E-state index contributed by atoms with van der Waals surface area (Å²) < 4.78 is 12.1. The van der Waals surface area contributed by atoms with Crippen LogP contribution in [0.1, 0.15) is 12.8 Å². The lowest BCUT2D eigenvalue weighted by Gasteiger charge is -2.12. The molecule has 0 saturated carbocycles. The summed E-state index contributed by atoms with van der Waals surface area (Å²) >= 11 is -0.146. The summed E-state index contributed by atoms with van der Waals surface area (Å²) in [5.41, 5.74) is 4.86. The summed E-state index contributed by atoms with van der Waals surface area (Å²) in [6.07, 6.45) is -0.222. The number of primary amides is 1. The number of nitrogens with zero attached hydrogens (tertiary/aromatic N) is 1. The average molecular weight is 220 g/mol. The predicted octanol–water partition coefficient (Wildman–Crippen LogP) is -0.393. The van der Waals surface area contributed by atoms with Crippen molar-refractivity contribution in [2.24, 2.45) is 5.73 Å². The second kappa shape index (κ2) is 4.41. The number of halogens is 1. The summed E-state index contributed by atoms with van der Waals surface area (Å²) in [5.74, 6) is -1.63. The maximum Gasteiger partial charge on any atom is 0.245 e. The van der Waals surface area contributed by atoms with Crippen LogP contribution in [0.25, 0.3) is 0 Å². The van der Waals surface area contributed by atoms with E-state index in [9.17, 15) is 18.3 Å². The van der Waals surface area contributed by atoms with E-state index in [0.717, 1.165) is 4.90 Å². The van der Waals surface area contributed by atoms with Gasteiger partial charge >= 0.3 is 0 Å². The van der Waals surface area contributed by atoms with E-state index in [4.69, 9.17) is 5.73 Å². The van der Waals surface area contributed by atoms with E-state index in [2.05, 4.69) is 0 Å². The van der Waals surface area contributed by atoms with Crippen LogP contribution < -0.4 is 5.73 Å². The van der Waals surface area contributed by atoms with Crippen molar-refractivity contribution in [2.45, 2.75) is 18.1 Å². The Bertz CT molecular complexity index is 284. The number of nitrogens with two attached hydrogens (primary N) is 1. The molecule has 3 amide bonds. The van der Waals surface area contributed by atoms with Crippen molar-refractivity contribution in [3.05, 3.63) is 0 Å². The highest BCUT2D eigenvalue weighted by Crippen LogP contribution is 2.25. The van der Waals surface area contributed by atoms with E-state index >= 15 is 0 Å². The van der Waals surface area contributed by atoms with Crippen LogP contribution in [0.2, 0.25) is 0 Å². The number of amides is 3. The van der Waals surface area contributed by atoms with Gasteiger partial charge in [-0.3, -0.25) is 19.3 Å². The molecule has 78 valence electrons. The minimum atomic E-state index is -0.949.